The molecule has 0 radical (unpaired) electrons. The van der Waals surface area contributed by atoms with Gasteiger partial charge in [-0.1, -0.05) is 11.8 Å². The lowest BCUT2D eigenvalue weighted by atomic mass is 10.1. The topological polar surface area (TPSA) is 163 Å². The predicted molar refractivity (Wildman–Crippen MR) is 121 cm³/mol. The summed E-state index contributed by atoms with van der Waals surface area (Å²) in [6, 6.07) is 5.66. The Morgan fingerprint density at radius 1 is 1.27 bits per heavy atom. The first-order valence-electron chi connectivity index (χ1n) is 9.91. The number of nitrogens with two attached hydrogens (primary N) is 1. The van der Waals surface area contributed by atoms with Crippen LogP contribution >= 0.6 is 11.8 Å². The van der Waals surface area contributed by atoms with Gasteiger partial charge in [0.15, 0.2) is 33.6 Å². The molecule has 33 heavy (non-hydrogen) atoms. The summed E-state index contributed by atoms with van der Waals surface area (Å²) in [7, 11) is -3.27. The molecule has 4 aromatic rings. The highest BCUT2D eigenvalue weighted by Crippen LogP contribution is 2.44. The molecule has 14 heteroatoms. The van der Waals surface area contributed by atoms with Gasteiger partial charge in [-0.15, -0.1) is 0 Å². The van der Waals surface area contributed by atoms with Crippen molar-refractivity contribution in [2.45, 2.75) is 23.0 Å². The number of nitrogens with zero attached hydrogens (tertiary/aromatic N) is 5. The van der Waals surface area contributed by atoms with E-state index < -0.39 is 10.0 Å². The van der Waals surface area contributed by atoms with Crippen molar-refractivity contribution in [1.29, 1.82) is 0 Å². The van der Waals surface area contributed by atoms with E-state index in [2.05, 4.69) is 24.9 Å². The molecule has 0 aliphatic carbocycles. The first kappa shape index (κ1) is 21.5. The molecule has 5 rings (SSSR count). The third kappa shape index (κ3) is 4.44. The summed E-state index contributed by atoms with van der Waals surface area (Å²) in [5.41, 5.74) is 8.80. The number of imidazole rings is 1. The molecule has 0 atom stereocenters. The number of sulfonamides is 1. The second-order valence-corrected chi connectivity index (χ2v) is 10.1. The molecular weight excluding hydrogens is 468 g/mol. The van der Waals surface area contributed by atoms with Gasteiger partial charge >= 0.3 is 0 Å². The highest BCUT2D eigenvalue weighted by Gasteiger charge is 2.22. The maximum Gasteiger partial charge on any atom is 0.231 e. The van der Waals surface area contributed by atoms with Crippen molar-refractivity contribution in [2.75, 3.05) is 25.3 Å². The highest BCUT2D eigenvalue weighted by atomic mass is 32.2. The minimum absolute atomic E-state index is 0.157. The van der Waals surface area contributed by atoms with Crippen molar-refractivity contribution in [1.82, 2.24) is 34.4 Å². The fourth-order valence-corrected chi connectivity index (χ4v) is 5.01. The molecule has 1 aromatic carbocycles. The first-order chi connectivity index (χ1) is 15.9. The van der Waals surface area contributed by atoms with Gasteiger partial charge in [0.05, 0.1) is 11.9 Å². The maximum absolute atomic E-state index is 11.4. The Labute approximate surface area is 193 Å². The van der Waals surface area contributed by atoms with Crippen LogP contribution in [0.4, 0.5) is 5.82 Å². The van der Waals surface area contributed by atoms with Crippen molar-refractivity contribution >= 4 is 38.8 Å². The molecule has 4 N–H and O–H groups in total. The molecule has 0 saturated carbocycles. The number of aryl methyl sites for hydroxylation is 1. The number of nitrogens with one attached hydrogen (secondary N) is 2. The maximum atomic E-state index is 11.4. The average Bonchev–Trinajstić information content (AvgIpc) is 3.51. The first-order valence-corrected chi connectivity index (χ1v) is 12.6. The van der Waals surface area contributed by atoms with E-state index >= 15 is 0 Å². The highest BCUT2D eigenvalue weighted by molar-refractivity contribution is 7.99. The Bertz CT molecular complexity index is 1420. The number of aromatic nitrogens is 6. The molecule has 3 aromatic heterocycles. The summed E-state index contributed by atoms with van der Waals surface area (Å²) in [5, 5.41) is 7.67. The quantitative estimate of drug-likeness (QED) is 0.311. The van der Waals surface area contributed by atoms with Crippen molar-refractivity contribution in [3.05, 3.63) is 30.7 Å². The lowest BCUT2D eigenvalue weighted by Gasteiger charge is -2.11. The summed E-state index contributed by atoms with van der Waals surface area (Å²) >= 11 is 1.41. The zero-order valence-corrected chi connectivity index (χ0v) is 19.1. The van der Waals surface area contributed by atoms with Gasteiger partial charge in [0.1, 0.15) is 6.33 Å². The SMILES string of the molecule is CS(=O)(=O)NCCCn1c(Sc2cc3c(cc2-c2ccn[nH]2)OCO3)nc2c(N)ncnc21. The molecule has 0 amide bonds. The van der Waals surface area contributed by atoms with E-state index in [9.17, 15) is 8.42 Å². The summed E-state index contributed by atoms with van der Waals surface area (Å²) in [6.45, 7) is 0.915. The summed E-state index contributed by atoms with van der Waals surface area (Å²) < 4.78 is 38.3. The van der Waals surface area contributed by atoms with Gasteiger partial charge in [-0.05, 0) is 24.6 Å². The number of rotatable bonds is 8. The molecule has 12 nitrogen and oxygen atoms in total. The van der Waals surface area contributed by atoms with E-state index in [1.54, 1.807) is 6.20 Å². The molecule has 0 fully saturated rings. The number of anilines is 1. The smallest absolute Gasteiger partial charge is 0.231 e. The standard InChI is InChI=1S/C19H20N8O4S2/c1-33(28,29)24-4-2-6-27-18-16(17(20)21-9-22-18)25-19(27)32-15-8-14-13(30-10-31-14)7-11(15)12-3-5-23-26-12/h3,5,7-9,24H,2,4,6,10H2,1H3,(H,23,26)(H2,20,21,22). The molecule has 0 bridgehead atoms. The Hall–Kier alpha value is -3.36. The van der Waals surface area contributed by atoms with Gasteiger partial charge in [-0.2, -0.15) is 5.10 Å². The molecule has 1 aliphatic rings. The Kier molecular flexibility index (Phi) is 5.55. The lowest BCUT2D eigenvalue weighted by Crippen LogP contribution is -2.24. The van der Waals surface area contributed by atoms with Crippen LogP contribution < -0.4 is 19.9 Å². The fourth-order valence-electron chi connectivity index (χ4n) is 3.43. The molecule has 1 aliphatic heterocycles. The van der Waals surface area contributed by atoms with Crippen LogP contribution in [0.5, 0.6) is 11.5 Å². The van der Waals surface area contributed by atoms with E-state index in [-0.39, 0.29) is 19.2 Å². The number of hydrogen-bond donors (Lipinski definition) is 3. The van der Waals surface area contributed by atoms with Crippen LogP contribution in [0.1, 0.15) is 6.42 Å². The lowest BCUT2D eigenvalue weighted by molar-refractivity contribution is 0.174. The van der Waals surface area contributed by atoms with Gasteiger partial charge < -0.3 is 19.8 Å². The van der Waals surface area contributed by atoms with E-state index in [0.717, 1.165) is 22.4 Å². The van der Waals surface area contributed by atoms with Crippen LogP contribution in [-0.4, -0.2) is 57.7 Å². The van der Waals surface area contributed by atoms with E-state index in [1.807, 2.05) is 22.8 Å². The second kappa shape index (κ2) is 8.53. The van der Waals surface area contributed by atoms with Crippen LogP contribution in [0.15, 0.2) is 40.8 Å². The molecule has 172 valence electrons. The normalized spacial score (nSPS) is 13.1. The Morgan fingerprint density at radius 3 is 2.85 bits per heavy atom. The van der Waals surface area contributed by atoms with Gasteiger partial charge in [0.2, 0.25) is 16.8 Å². The van der Waals surface area contributed by atoms with Crippen molar-refractivity contribution < 1.29 is 17.9 Å². The predicted octanol–water partition coefficient (Wildman–Crippen LogP) is 1.62. The third-order valence-electron chi connectivity index (χ3n) is 4.91. The van der Waals surface area contributed by atoms with Gasteiger partial charge in [0.25, 0.3) is 0 Å². The van der Waals surface area contributed by atoms with E-state index in [1.165, 1.54) is 18.1 Å². The minimum atomic E-state index is -3.27. The Balaban J connectivity index is 1.53. The van der Waals surface area contributed by atoms with Crippen LogP contribution in [0.25, 0.3) is 22.4 Å². The van der Waals surface area contributed by atoms with Crippen LogP contribution in [0, 0.1) is 0 Å². The van der Waals surface area contributed by atoms with E-state index in [4.69, 9.17) is 20.2 Å². The van der Waals surface area contributed by atoms with Crippen LogP contribution in [0.2, 0.25) is 0 Å². The van der Waals surface area contributed by atoms with Gasteiger partial charge in [0, 0.05) is 29.7 Å². The summed E-state index contributed by atoms with van der Waals surface area (Å²) in [5.74, 6) is 1.56. The van der Waals surface area contributed by atoms with Crippen molar-refractivity contribution in [2.24, 2.45) is 0 Å². The number of fused-ring (bicyclic) bond motifs is 2. The molecule has 0 unspecified atom stereocenters. The molecule has 4 heterocycles. The van der Waals surface area contributed by atoms with Crippen molar-refractivity contribution in [3.63, 3.8) is 0 Å². The number of ether oxygens (including phenoxy) is 2. The number of nitrogen functional groups attached to an aromatic ring is 1. The zero-order chi connectivity index (χ0) is 23.0. The monoisotopic (exact) mass is 488 g/mol. The zero-order valence-electron chi connectivity index (χ0n) is 17.5. The molecule has 0 spiro atoms. The van der Waals surface area contributed by atoms with Crippen molar-refractivity contribution in [3.8, 4) is 22.8 Å². The molecular formula is C19H20N8O4S2. The Morgan fingerprint density at radius 2 is 2.09 bits per heavy atom. The number of H-pyrrole nitrogens is 1. The second-order valence-electron chi connectivity index (χ2n) is 7.27. The largest absolute Gasteiger partial charge is 0.454 e. The van der Waals surface area contributed by atoms with Crippen LogP contribution in [-0.2, 0) is 16.6 Å². The number of benzene rings is 1. The summed E-state index contributed by atoms with van der Waals surface area (Å²) in [4.78, 5) is 14.0. The van der Waals surface area contributed by atoms with Gasteiger partial charge in [-0.3, -0.25) is 5.10 Å². The van der Waals surface area contributed by atoms with E-state index in [0.29, 0.717) is 40.8 Å². The minimum Gasteiger partial charge on any atom is -0.454 e. The molecule has 0 saturated heterocycles. The van der Waals surface area contributed by atoms with Gasteiger partial charge in [-0.25, -0.2) is 28.1 Å². The third-order valence-corrected chi connectivity index (χ3v) is 6.70. The number of aromatic amines is 1. The number of hydrogen-bond acceptors (Lipinski definition) is 10. The summed E-state index contributed by atoms with van der Waals surface area (Å²) in [6.07, 6.45) is 4.72. The fraction of sp³-hybridized carbons (Fsp3) is 0.263. The average molecular weight is 489 g/mol. The van der Waals surface area contributed by atoms with Crippen LogP contribution in [0.3, 0.4) is 0 Å².